The van der Waals surface area contributed by atoms with Gasteiger partial charge in [0.25, 0.3) is 0 Å². The number of amides is 1. The van der Waals surface area contributed by atoms with E-state index in [1.807, 2.05) is 23.1 Å². The SMILES string of the molecule is COC1c2ccccc2N(C(C)=O)C2CCC12. The third-order valence-electron chi connectivity index (χ3n) is 4.11. The number of anilines is 1. The summed E-state index contributed by atoms with van der Waals surface area (Å²) >= 11 is 0. The average molecular weight is 231 g/mol. The van der Waals surface area contributed by atoms with E-state index in [2.05, 4.69) is 6.07 Å². The Morgan fingerprint density at radius 1 is 1.35 bits per heavy atom. The van der Waals surface area contributed by atoms with Crippen molar-refractivity contribution >= 4 is 11.6 Å². The molecule has 0 N–H and O–H groups in total. The molecule has 3 nitrogen and oxygen atoms in total. The number of carbonyl (C=O) groups excluding carboxylic acids is 1. The maximum atomic E-state index is 11.8. The van der Waals surface area contributed by atoms with Gasteiger partial charge in [0, 0.05) is 37.2 Å². The molecule has 3 unspecified atom stereocenters. The minimum absolute atomic E-state index is 0.140. The first-order valence-electron chi connectivity index (χ1n) is 6.15. The Kier molecular flexibility index (Phi) is 2.44. The molecular formula is C14H17NO2. The summed E-state index contributed by atoms with van der Waals surface area (Å²) in [4.78, 5) is 13.8. The van der Waals surface area contributed by atoms with Gasteiger partial charge in [-0.2, -0.15) is 0 Å². The lowest BCUT2D eigenvalue weighted by atomic mass is 9.70. The first kappa shape index (κ1) is 10.8. The van der Waals surface area contributed by atoms with Crippen LogP contribution in [0, 0.1) is 5.92 Å². The molecule has 1 fully saturated rings. The van der Waals surface area contributed by atoms with Crippen molar-refractivity contribution in [1.29, 1.82) is 0 Å². The number of methoxy groups -OCH3 is 1. The molecule has 90 valence electrons. The Labute approximate surface area is 101 Å². The molecule has 1 aliphatic heterocycles. The summed E-state index contributed by atoms with van der Waals surface area (Å²) < 4.78 is 5.64. The largest absolute Gasteiger partial charge is 0.376 e. The molecule has 0 aromatic heterocycles. The van der Waals surface area contributed by atoms with Crippen LogP contribution in [0.3, 0.4) is 0 Å². The third-order valence-corrected chi connectivity index (χ3v) is 4.11. The van der Waals surface area contributed by atoms with E-state index in [9.17, 15) is 4.79 Å². The second-order valence-electron chi connectivity index (χ2n) is 4.91. The van der Waals surface area contributed by atoms with Gasteiger partial charge in [-0.15, -0.1) is 0 Å². The zero-order valence-electron chi connectivity index (χ0n) is 10.2. The molecular weight excluding hydrogens is 214 g/mol. The molecule has 1 aliphatic carbocycles. The van der Waals surface area contributed by atoms with Crippen LogP contribution in [-0.4, -0.2) is 19.1 Å². The van der Waals surface area contributed by atoms with Crippen LogP contribution in [0.4, 0.5) is 5.69 Å². The second kappa shape index (κ2) is 3.84. The predicted molar refractivity (Wildman–Crippen MR) is 65.9 cm³/mol. The van der Waals surface area contributed by atoms with Crippen molar-refractivity contribution in [1.82, 2.24) is 0 Å². The molecule has 0 radical (unpaired) electrons. The summed E-state index contributed by atoms with van der Waals surface area (Å²) in [6.07, 6.45) is 2.40. The minimum atomic E-state index is 0.140. The molecule has 3 atom stereocenters. The monoisotopic (exact) mass is 231 g/mol. The van der Waals surface area contributed by atoms with E-state index in [-0.39, 0.29) is 12.0 Å². The molecule has 0 spiro atoms. The molecule has 17 heavy (non-hydrogen) atoms. The quantitative estimate of drug-likeness (QED) is 0.743. The van der Waals surface area contributed by atoms with Gasteiger partial charge < -0.3 is 9.64 Å². The van der Waals surface area contributed by atoms with Crippen molar-refractivity contribution in [3.63, 3.8) is 0 Å². The van der Waals surface area contributed by atoms with Crippen LogP contribution in [0.5, 0.6) is 0 Å². The number of ether oxygens (including phenoxy) is 1. The van der Waals surface area contributed by atoms with E-state index >= 15 is 0 Å². The van der Waals surface area contributed by atoms with Crippen LogP contribution in [0.25, 0.3) is 0 Å². The molecule has 1 heterocycles. The molecule has 2 aliphatic rings. The Hall–Kier alpha value is -1.35. The fourth-order valence-corrected chi connectivity index (χ4v) is 3.24. The number of nitrogens with zero attached hydrogens (tertiary/aromatic N) is 1. The molecule has 1 amide bonds. The number of benzene rings is 1. The lowest BCUT2D eigenvalue weighted by Crippen LogP contribution is -2.55. The van der Waals surface area contributed by atoms with Crippen molar-refractivity contribution in [3.05, 3.63) is 29.8 Å². The van der Waals surface area contributed by atoms with Gasteiger partial charge in [-0.05, 0) is 18.9 Å². The third kappa shape index (κ3) is 1.42. The van der Waals surface area contributed by atoms with Crippen molar-refractivity contribution in [3.8, 4) is 0 Å². The van der Waals surface area contributed by atoms with Gasteiger partial charge >= 0.3 is 0 Å². The van der Waals surface area contributed by atoms with Crippen LogP contribution in [0.2, 0.25) is 0 Å². The normalized spacial score (nSPS) is 30.2. The van der Waals surface area contributed by atoms with Crippen molar-refractivity contribution in [2.75, 3.05) is 12.0 Å². The summed E-state index contributed by atoms with van der Waals surface area (Å²) in [7, 11) is 1.76. The zero-order valence-corrected chi connectivity index (χ0v) is 10.2. The number of rotatable bonds is 1. The lowest BCUT2D eigenvalue weighted by Gasteiger charge is -2.51. The molecule has 1 aromatic rings. The highest BCUT2D eigenvalue weighted by Crippen LogP contribution is 2.50. The summed E-state index contributed by atoms with van der Waals surface area (Å²) in [5, 5.41) is 0. The average Bonchev–Trinajstić information content (AvgIpc) is 2.30. The highest BCUT2D eigenvalue weighted by molar-refractivity contribution is 5.94. The van der Waals surface area contributed by atoms with Gasteiger partial charge in [0.15, 0.2) is 0 Å². The predicted octanol–water partition coefficient (Wildman–Crippen LogP) is 2.52. The first-order valence-corrected chi connectivity index (χ1v) is 6.15. The Morgan fingerprint density at radius 3 is 2.71 bits per heavy atom. The van der Waals surface area contributed by atoms with Gasteiger partial charge in [0.2, 0.25) is 5.91 Å². The Bertz CT molecular complexity index is 457. The Morgan fingerprint density at radius 2 is 2.12 bits per heavy atom. The summed E-state index contributed by atoms with van der Waals surface area (Å²) in [5.41, 5.74) is 2.19. The van der Waals surface area contributed by atoms with E-state index in [1.54, 1.807) is 14.0 Å². The molecule has 3 heteroatoms. The van der Waals surface area contributed by atoms with Gasteiger partial charge in [0.1, 0.15) is 0 Å². The molecule has 0 bridgehead atoms. The highest BCUT2D eigenvalue weighted by atomic mass is 16.5. The number of hydrogen-bond acceptors (Lipinski definition) is 2. The lowest BCUT2D eigenvalue weighted by molar-refractivity contribution is -0.119. The number of carbonyl (C=O) groups is 1. The van der Waals surface area contributed by atoms with Crippen LogP contribution in [0.1, 0.15) is 31.4 Å². The standard InChI is InChI=1S/C14H17NO2/c1-9(16)15-12-6-4-3-5-10(12)14(17-2)11-7-8-13(11)15/h3-6,11,13-14H,7-8H2,1-2H3. The van der Waals surface area contributed by atoms with E-state index in [4.69, 9.17) is 4.74 Å². The van der Waals surface area contributed by atoms with E-state index in [1.165, 1.54) is 0 Å². The van der Waals surface area contributed by atoms with Crippen molar-refractivity contribution in [2.24, 2.45) is 5.92 Å². The smallest absolute Gasteiger partial charge is 0.224 e. The van der Waals surface area contributed by atoms with Gasteiger partial charge in [0.05, 0.1) is 6.10 Å². The zero-order chi connectivity index (χ0) is 12.0. The Balaban J connectivity index is 2.12. The van der Waals surface area contributed by atoms with E-state index < -0.39 is 0 Å². The topological polar surface area (TPSA) is 29.5 Å². The number of para-hydroxylation sites is 1. The first-order chi connectivity index (χ1) is 8.24. The summed E-state index contributed by atoms with van der Waals surface area (Å²) in [5.74, 6) is 0.612. The van der Waals surface area contributed by atoms with Gasteiger partial charge in [-0.1, -0.05) is 18.2 Å². The van der Waals surface area contributed by atoms with E-state index in [0.29, 0.717) is 12.0 Å². The fourth-order valence-electron chi connectivity index (χ4n) is 3.24. The van der Waals surface area contributed by atoms with Crippen molar-refractivity contribution in [2.45, 2.75) is 31.9 Å². The van der Waals surface area contributed by atoms with Crippen LogP contribution in [0.15, 0.2) is 24.3 Å². The molecule has 0 saturated heterocycles. The summed E-state index contributed by atoms with van der Waals surface area (Å²) in [6.45, 7) is 1.65. The van der Waals surface area contributed by atoms with Gasteiger partial charge in [-0.25, -0.2) is 0 Å². The maximum absolute atomic E-state index is 11.8. The number of hydrogen-bond donors (Lipinski definition) is 0. The van der Waals surface area contributed by atoms with Crippen LogP contribution >= 0.6 is 0 Å². The van der Waals surface area contributed by atoms with Crippen LogP contribution in [-0.2, 0) is 9.53 Å². The maximum Gasteiger partial charge on any atom is 0.224 e. The molecule has 1 aromatic carbocycles. The second-order valence-corrected chi connectivity index (χ2v) is 4.91. The van der Waals surface area contributed by atoms with E-state index in [0.717, 1.165) is 24.1 Å². The minimum Gasteiger partial charge on any atom is -0.376 e. The molecule has 1 saturated carbocycles. The number of fused-ring (bicyclic) bond motifs is 2. The fraction of sp³-hybridized carbons (Fsp3) is 0.500. The highest BCUT2D eigenvalue weighted by Gasteiger charge is 2.47. The van der Waals surface area contributed by atoms with Crippen molar-refractivity contribution < 1.29 is 9.53 Å². The summed E-state index contributed by atoms with van der Waals surface area (Å²) in [6, 6.07) is 8.45. The van der Waals surface area contributed by atoms with Crippen LogP contribution < -0.4 is 4.90 Å². The molecule has 3 rings (SSSR count). The van der Waals surface area contributed by atoms with Gasteiger partial charge in [-0.3, -0.25) is 4.79 Å².